The van der Waals surface area contributed by atoms with Crippen LogP contribution in [0.25, 0.3) is 33.4 Å². The first kappa shape index (κ1) is 36.4. The van der Waals surface area contributed by atoms with Crippen molar-refractivity contribution < 1.29 is 0 Å². The number of nitrogens with zero attached hydrogens (tertiary/aromatic N) is 1. The fraction of sp³-hybridized carbons (Fsp3) is 0.276. The van der Waals surface area contributed by atoms with E-state index in [1.165, 1.54) is 112 Å². The van der Waals surface area contributed by atoms with Gasteiger partial charge >= 0.3 is 0 Å². The van der Waals surface area contributed by atoms with Crippen LogP contribution in [0.2, 0.25) is 0 Å². The van der Waals surface area contributed by atoms with Gasteiger partial charge in [-0.2, -0.15) is 0 Å². The van der Waals surface area contributed by atoms with Gasteiger partial charge in [-0.25, -0.2) is 0 Å². The van der Waals surface area contributed by atoms with Crippen LogP contribution < -0.4 is 4.90 Å². The summed E-state index contributed by atoms with van der Waals surface area (Å²) in [5, 5.41) is 0. The van der Waals surface area contributed by atoms with Gasteiger partial charge in [0.1, 0.15) is 0 Å². The van der Waals surface area contributed by atoms with Gasteiger partial charge in [-0.3, -0.25) is 0 Å². The zero-order chi connectivity index (χ0) is 39.6. The molecule has 0 amide bonds. The minimum atomic E-state index is -0.410. The lowest BCUT2D eigenvalue weighted by atomic mass is 9.67. The Morgan fingerprint density at radius 2 is 1.00 bits per heavy atom. The van der Waals surface area contributed by atoms with Crippen molar-refractivity contribution in [2.45, 2.75) is 70.3 Å². The fourth-order valence-corrected chi connectivity index (χ4v) is 13.3. The molecule has 0 saturated heterocycles. The lowest BCUT2D eigenvalue weighted by molar-refractivity contribution is 0.118. The molecule has 292 valence electrons. The molecule has 3 fully saturated rings. The summed E-state index contributed by atoms with van der Waals surface area (Å²) in [7, 11) is 0. The largest absolute Gasteiger partial charge is 0.338 e. The summed E-state index contributed by atoms with van der Waals surface area (Å²) in [4.78, 5) is 2.76. The van der Waals surface area contributed by atoms with Gasteiger partial charge in [0.05, 0.1) is 5.41 Å². The van der Waals surface area contributed by atoms with Crippen molar-refractivity contribution >= 4 is 11.4 Å². The van der Waals surface area contributed by atoms with Crippen LogP contribution in [0.1, 0.15) is 81.0 Å². The average Bonchev–Trinajstić information content (AvgIpc) is 3.73. The van der Waals surface area contributed by atoms with E-state index in [9.17, 15) is 0 Å². The predicted octanol–water partition coefficient (Wildman–Crippen LogP) is 15.2. The third-order valence-corrected chi connectivity index (χ3v) is 15.7. The van der Waals surface area contributed by atoms with Crippen molar-refractivity contribution in [2.24, 2.45) is 29.1 Å². The Morgan fingerprint density at radius 3 is 1.73 bits per heavy atom. The minimum Gasteiger partial charge on any atom is -0.338 e. The van der Waals surface area contributed by atoms with E-state index in [2.05, 4.69) is 201 Å². The Bertz CT molecular complexity index is 2550. The summed E-state index contributed by atoms with van der Waals surface area (Å²) in [5.41, 5.74) is 15.7. The highest BCUT2D eigenvalue weighted by molar-refractivity contribution is 5.95. The number of anilines is 2. The van der Waals surface area contributed by atoms with Crippen molar-refractivity contribution in [1.29, 1.82) is 0 Å². The quantitative estimate of drug-likeness (QED) is 0.156. The normalized spacial score (nSPS) is 23.4. The van der Waals surface area contributed by atoms with Gasteiger partial charge in [-0.15, -0.1) is 0 Å². The van der Waals surface area contributed by atoms with Gasteiger partial charge in [0.25, 0.3) is 0 Å². The third-order valence-electron chi connectivity index (χ3n) is 15.7. The number of rotatable bonds is 7. The molecule has 4 aliphatic carbocycles. The molecule has 0 spiro atoms. The standard InChI is InChI=1S/C58H55N/c1-57(2)51-29-15-12-26-48(51)49-38-37-45(39-54(49)57)59(55-32-17-14-25-46(55)40-19-6-3-7-20-40)44-35-33-41(34-36-44)47-28-18-31-53-56(47)50-27-13-16-30-52(50)58(53,42-21-8-4-9-22-42)43-23-10-5-11-24-43/h3-11,13-14,16-25,27-28,30-36,45,48-49,51,54H,12,15,26,29,37-39H2,1-2H3. The molecule has 59 heavy (non-hydrogen) atoms. The molecule has 5 unspecified atom stereocenters. The van der Waals surface area contributed by atoms with E-state index in [1.807, 2.05) is 0 Å². The van der Waals surface area contributed by atoms with E-state index >= 15 is 0 Å². The molecule has 4 aliphatic rings. The third kappa shape index (κ3) is 5.72. The molecule has 1 nitrogen and oxygen atoms in total. The SMILES string of the molecule is CC1(C)C2CCCCC2C2CCC(N(c3ccc(-c4cccc5c4-c4ccccc4C5(c4ccccc4)c4ccccc4)cc3)c3ccccc3-c3ccccc3)CC21. The maximum absolute atomic E-state index is 2.76. The number of hydrogen-bond acceptors (Lipinski definition) is 1. The van der Waals surface area contributed by atoms with Crippen molar-refractivity contribution in [3.05, 3.63) is 204 Å². The molecule has 0 aromatic heterocycles. The zero-order valence-electron chi connectivity index (χ0n) is 34.6. The van der Waals surface area contributed by atoms with E-state index in [0.29, 0.717) is 11.5 Å². The number of benzene rings is 7. The van der Waals surface area contributed by atoms with Gasteiger partial charge in [-0.1, -0.05) is 190 Å². The van der Waals surface area contributed by atoms with Crippen LogP contribution in [-0.4, -0.2) is 6.04 Å². The van der Waals surface area contributed by atoms with Crippen molar-refractivity contribution in [1.82, 2.24) is 0 Å². The topological polar surface area (TPSA) is 3.24 Å². The monoisotopic (exact) mass is 765 g/mol. The Balaban J connectivity index is 1.04. The summed E-state index contributed by atoms with van der Waals surface area (Å²) in [6, 6.07) is 68.8. The molecule has 7 aromatic carbocycles. The molecule has 0 N–H and O–H groups in total. The molecule has 1 heteroatoms. The summed E-state index contributed by atoms with van der Waals surface area (Å²) < 4.78 is 0. The van der Waals surface area contributed by atoms with Crippen LogP contribution in [-0.2, 0) is 5.41 Å². The highest BCUT2D eigenvalue weighted by Gasteiger charge is 2.57. The van der Waals surface area contributed by atoms with Crippen LogP contribution in [0.5, 0.6) is 0 Å². The minimum absolute atomic E-state index is 0.390. The predicted molar refractivity (Wildman–Crippen MR) is 247 cm³/mol. The summed E-state index contributed by atoms with van der Waals surface area (Å²) in [6.45, 7) is 5.28. The highest BCUT2D eigenvalue weighted by atomic mass is 15.2. The van der Waals surface area contributed by atoms with E-state index in [0.717, 1.165) is 23.7 Å². The summed E-state index contributed by atoms with van der Waals surface area (Å²) in [6.07, 6.45) is 9.60. The lowest BCUT2D eigenvalue weighted by Gasteiger charge is -2.45. The molecule has 0 heterocycles. The van der Waals surface area contributed by atoms with Crippen LogP contribution >= 0.6 is 0 Å². The molecular weight excluding hydrogens is 711 g/mol. The van der Waals surface area contributed by atoms with Gasteiger partial charge in [0.2, 0.25) is 0 Å². The van der Waals surface area contributed by atoms with E-state index < -0.39 is 5.41 Å². The van der Waals surface area contributed by atoms with Crippen molar-refractivity contribution in [2.75, 3.05) is 4.90 Å². The number of para-hydroxylation sites is 1. The van der Waals surface area contributed by atoms with Gasteiger partial charge in [0.15, 0.2) is 0 Å². The smallest absolute Gasteiger partial charge is 0.0713 e. The van der Waals surface area contributed by atoms with E-state index in [-0.39, 0.29) is 0 Å². The van der Waals surface area contributed by atoms with Crippen LogP contribution in [0, 0.1) is 29.1 Å². The molecule has 7 aromatic rings. The maximum atomic E-state index is 2.76. The molecule has 0 aliphatic heterocycles. The van der Waals surface area contributed by atoms with Crippen molar-refractivity contribution in [3.8, 4) is 33.4 Å². The second kappa shape index (κ2) is 14.6. The zero-order valence-corrected chi connectivity index (χ0v) is 34.6. The van der Waals surface area contributed by atoms with Crippen LogP contribution in [0.3, 0.4) is 0 Å². The van der Waals surface area contributed by atoms with E-state index in [4.69, 9.17) is 0 Å². The second-order valence-electron chi connectivity index (χ2n) is 18.7. The van der Waals surface area contributed by atoms with Gasteiger partial charge in [-0.05, 0) is 129 Å². The summed E-state index contributed by atoms with van der Waals surface area (Å²) in [5.74, 6) is 3.45. The molecule has 3 saturated carbocycles. The lowest BCUT2D eigenvalue weighted by Crippen LogP contribution is -2.41. The Kier molecular flexibility index (Phi) is 8.99. The fourth-order valence-electron chi connectivity index (χ4n) is 13.3. The summed E-state index contributed by atoms with van der Waals surface area (Å²) >= 11 is 0. The number of fused-ring (bicyclic) bond motifs is 6. The van der Waals surface area contributed by atoms with E-state index in [1.54, 1.807) is 0 Å². The first-order chi connectivity index (χ1) is 29.0. The van der Waals surface area contributed by atoms with Crippen LogP contribution in [0.4, 0.5) is 11.4 Å². The molecule has 5 atom stereocenters. The molecule has 11 rings (SSSR count). The highest BCUT2D eigenvalue weighted by Crippen LogP contribution is 2.64. The number of hydrogen-bond donors (Lipinski definition) is 0. The van der Waals surface area contributed by atoms with Gasteiger partial charge < -0.3 is 4.90 Å². The second-order valence-corrected chi connectivity index (χ2v) is 18.7. The van der Waals surface area contributed by atoms with Crippen LogP contribution in [0.15, 0.2) is 182 Å². The maximum Gasteiger partial charge on any atom is 0.0713 e. The molecular formula is C58H55N. The Morgan fingerprint density at radius 1 is 0.441 bits per heavy atom. The molecule has 0 radical (unpaired) electrons. The first-order valence-corrected chi connectivity index (χ1v) is 22.4. The molecule has 0 bridgehead atoms. The van der Waals surface area contributed by atoms with Gasteiger partial charge in [0, 0.05) is 23.0 Å². The average molecular weight is 766 g/mol. The van der Waals surface area contributed by atoms with Crippen molar-refractivity contribution in [3.63, 3.8) is 0 Å². The Labute approximate surface area is 351 Å². The Hall–Kier alpha value is -5.66. The first-order valence-electron chi connectivity index (χ1n) is 22.4.